The van der Waals surface area contributed by atoms with Gasteiger partial charge in [0, 0.05) is 30.5 Å². The topological polar surface area (TPSA) is 83.1 Å². The lowest BCUT2D eigenvalue weighted by atomic mass is 10.1. The molecule has 0 spiro atoms. The quantitative estimate of drug-likeness (QED) is 0.786. The molecular weight excluding hydrogens is 304 g/mol. The molecule has 0 saturated carbocycles. The van der Waals surface area contributed by atoms with E-state index in [-0.39, 0.29) is 17.9 Å². The van der Waals surface area contributed by atoms with Gasteiger partial charge in [-0.25, -0.2) is 4.98 Å². The van der Waals surface area contributed by atoms with Crippen molar-refractivity contribution in [1.29, 1.82) is 0 Å². The molecule has 2 aromatic rings. The normalized spacial score (nSPS) is 10.4. The first-order valence-corrected chi connectivity index (χ1v) is 7.78. The second kappa shape index (κ2) is 7.59. The van der Waals surface area contributed by atoms with Crippen LogP contribution in [0.15, 0.2) is 36.5 Å². The lowest BCUT2D eigenvalue weighted by Gasteiger charge is -2.15. The van der Waals surface area contributed by atoms with E-state index in [1.165, 1.54) is 6.92 Å². The molecule has 0 unspecified atom stereocenters. The average molecular weight is 326 g/mol. The van der Waals surface area contributed by atoms with Crippen molar-refractivity contribution in [2.45, 2.75) is 33.7 Å². The molecule has 1 aromatic heterocycles. The van der Waals surface area contributed by atoms with Crippen molar-refractivity contribution in [2.24, 2.45) is 0 Å². The molecule has 2 rings (SSSR count). The van der Waals surface area contributed by atoms with Crippen molar-refractivity contribution in [3.8, 4) is 0 Å². The van der Waals surface area contributed by atoms with Gasteiger partial charge in [0.2, 0.25) is 5.91 Å². The highest BCUT2D eigenvalue weighted by Gasteiger charge is 2.14. The summed E-state index contributed by atoms with van der Waals surface area (Å²) in [7, 11) is 0. The molecule has 1 aromatic carbocycles. The number of nitrogens with zero attached hydrogens (tertiary/aromatic N) is 1. The highest BCUT2D eigenvalue weighted by Crippen LogP contribution is 2.22. The van der Waals surface area contributed by atoms with Crippen LogP contribution in [0.2, 0.25) is 0 Å². The summed E-state index contributed by atoms with van der Waals surface area (Å²) in [5, 5.41) is 8.75. The number of pyridine rings is 1. The number of benzene rings is 1. The van der Waals surface area contributed by atoms with Gasteiger partial charge in [-0.15, -0.1) is 0 Å². The van der Waals surface area contributed by atoms with Crippen LogP contribution in [0.1, 0.15) is 36.7 Å². The van der Waals surface area contributed by atoms with E-state index in [1.54, 1.807) is 30.5 Å². The summed E-state index contributed by atoms with van der Waals surface area (Å²) in [5.74, 6) is 0.127. The number of aryl methyl sites for hydroxylation is 1. The third-order valence-corrected chi connectivity index (χ3v) is 3.28. The van der Waals surface area contributed by atoms with Gasteiger partial charge in [-0.3, -0.25) is 9.59 Å². The number of rotatable bonds is 5. The molecule has 6 heteroatoms. The molecule has 1 heterocycles. The van der Waals surface area contributed by atoms with E-state index in [1.807, 2.05) is 26.8 Å². The molecule has 24 heavy (non-hydrogen) atoms. The molecule has 0 radical (unpaired) electrons. The Morgan fingerprint density at radius 1 is 1.12 bits per heavy atom. The minimum absolute atomic E-state index is 0.160. The molecule has 0 aliphatic carbocycles. The molecule has 0 aliphatic heterocycles. The van der Waals surface area contributed by atoms with Gasteiger partial charge in [0.25, 0.3) is 5.91 Å². The number of nitrogens with one attached hydrogen (secondary N) is 3. The third-order valence-electron chi connectivity index (χ3n) is 3.28. The highest BCUT2D eigenvalue weighted by atomic mass is 16.2. The zero-order valence-corrected chi connectivity index (χ0v) is 14.3. The SMILES string of the molecule is CC(=O)Nc1ccc(C)c(NC(=O)c2cccnc2NC(C)C)c1. The van der Waals surface area contributed by atoms with Crippen LogP contribution in [0.4, 0.5) is 17.2 Å². The summed E-state index contributed by atoms with van der Waals surface area (Å²) < 4.78 is 0. The zero-order valence-electron chi connectivity index (χ0n) is 14.3. The molecule has 0 bridgehead atoms. The molecule has 3 N–H and O–H groups in total. The minimum Gasteiger partial charge on any atom is -0.367 e. The maximum Gasteiger partial charge on any atom is 0.259 e. The molecular formula is C18H22N4O2. The number of carbonyl (C=O) groups is 2. The monoisotopic (exact) mass is 326 g/mol. The van der Waals surface area contributed by atoms with Gasteiger partial charge in [-0.1, -0.05) is 6.07 Å². The van der Waals surface area contributed by atoms with E-state index in [9.17, 15) is 9.59 Å². The molecule has 0 fully saturated rings. The zero-order chi connectivity index (χ0) is 17.7. The number of hydrogen-bond acceptors (Lipinski definition) is 4. The Morgan fingerprint density at radius 2 is 1.88 bits per heavy atom. The van der Waals surface area contributed by atoms with E-state index in [2.05, 4.69) is 20.9 Å². The van der Waals surface area contributed by atoms with Crippen molar-refractivity contribution in [2.75, 3.05) is 16.0 Å². The van der Waals surface area contributed by atoms with Crippen molar-refractivity contribution in [1.82, 2.24) is 4.98 Å². The van der Waals surface area contributed by atoms with Gasteiger partial charge in [0.05, 0.1) is 5.56 Å². The Bertz CT molecular complexity index is 756. The standard InChI is InChI=1S/C18H22N4O2/c1-11(2)20-17-15(6-5-9-19-17)18(24)22-16-10-14(21-13(4)23)8-7-12(16)3/h5-11H,1-4H3,(H,19,20)(H,21,23)(H,22,24). The van der Waals surface area contributed by atoms with Gasteiger partial charge >= 0.3 is 0 Å². The fraction of sp³-hybridized carbons (Fsp3) is 0.278. The predicted molar refractivity (Wildman–Crippen MR) is 96.4 cm³/mol. The Labute approximate surface area is 141 Å². The maximum absolute atomic E-state index is 12.6. The number of amides is 2. The van der Waals surface area contributed by atoms with E-state index >= 15 is 0 Å². The van der Waals surface area contributed by atoms with Crippen LogP contribution in [0.3, 0.4) is 0 Å². The van der Waals surface area contributed by atoms with Crippen LogP contribution < -0.4 is 16.0 Å². The van der Waals surface area contributed by atoms with E-state index in [4.69, 9.17) is 0 Å². The molecule has 2 amide bonds. The minimum atomic E-state index is -0.255. The van der Waals surface area contributed by atoms with Crippen LogP contribution in [-0.2, 0) is 4.79 Å². The van der Waals surface area contributed by atoms with Crippen LogP contribution in [0.5, 0.6) is 0 Å². The summed E-state index contributed by atoms with van der Waals surface area (Å²) >= 11 is 0. The third kappa shape index (κ3) is 4.55. The second-order valence-corrected chi connectivity index (χ2v) is 5.86. The van der Waals surface area contributed by atoms with E-state index in [0.717, 1.165) is 5.56 Å². The van der Waals surface area contributed by atoms with Crippen LogP contribution in [0, 0.1) is 6.92 Å². The number of hydrogen-bond donors (Lipinski definition) is 3. The van der Waals surface area contributed by atoms with Crippen molar-refractivity contribution in [3.63, 3.8) is 0 Å². The van der Waals surface area contributed by atoms with Gasteiger partial charge in [0.15, 0.2) is 0 Å². The predicted octanol–water partition coefficient (Wildman–Crippen LogP) is 3.42. The van der Waals surface area contributed by atoms with Gasteiger partial charge in [-0.05, 0) is 50.6 Å². The van der Waals surface area contributed by atoms with Crippen LogP contribution in [0.25, 0.3) is 0 Å². The Balaban J connectivity index is 2.25. The molecule has 0 aliphatic rings. The molecule has 6 nitrogen and oxygen atoms in total. The Hall–Kier alpha value is -2.89. The first-order valence-electron chi connectivity index (χ1n) is 7.78. The smallest absolute Gasteiger partial charge is 0.259 e. The summed E-state index contributed by atoms with van der Waals surface area (Å²) in [6.45, 7) is 7.30. The number of carbonyl (C=O) groups excluding carboxylic acids is 2. The van der Waals surface area contributed by atoms with Gasteiger partial charge in [0.1, 0.15) is 5.82 Å². The van der Waals surface area contributed by atoms with Crippen molar-refractivity contribution < 1.29 is 9.59 Å². The lowest BCUT2D eigenvalue weighted by molar-refractivity contribution is -0.114. The average Bonchev–Trinajstić information content (AvgIpc) is 2.50. The van der Waals surface area contributed by atoms with E-state index < -0.39 is 0 Å². The second-order valence-electron chi connectivity index (χ2n) is 5.86. The fourth-order valence-corrected chi connectivity index (χ4v) is 2.20. The summed E-state index contributed by atoms with van der Waals surface area (Å²) in [5.41, 5.74) is 2.65. The van der Waals surface area contributed by atoms with Gasteiger partial charge in [-0.2, -0.15) is 0 Å². The molecule has 0 atom stereocenters. The van der Waals surface area contributed by atoms with Crippen LogP contribution in [-0.4, -0.2) is 22.8 Å². The summed E-state index contributed by atoms with van der Waals surface area (Å²) in [6, 6.07) is 8.98. The fourth-order valence-electron chi connectivity index (χ4n) is 2.20. The summed E-state index contributed by atoms with van der Waals surface area (Å²) in [4.78, 5) is 28.0. The largest absolute Gasteiger partial charge is 0.367 e. The first kappa shape index (κ1) is 17.5. The Morgan fingerprint density at radius 3 is 2.54 bits per heavy atom. The summed E-state index contributed by atoms with van der Waals surface area (Å²) in [6.07, 6.45) is 1.64. The van der Waals surface area contributed by atoms with Gasteiger partial charge < -0.3 is 16.0 Å². The number of anilines is 3. The highest BCUT2D eigenvalue weighted by molar-refractivity contribution is 6.08. The first-order chi connectivity index (χ1) is 11.4. The van der Waals surface area contributed by atoms with E-state index in [0.29, 0.717) is 22.8 Å². The van der Waals surface area contributed by atoms with Crippen molar-refractivity contribution >= 4 is 29.0 Å². The lowest BCUT2D eigenvalue weighted by Crippen LogP contribution is -2.19. The molecule has 0 saturated heterocycles. The number of aromatic nitrogens is 1. The van der Waals surface area contributed by atoms with Crippen LogP contribution >= 0.6 is 0 Å². The molecule has 126 valence electrons. The Kier molecular flexibility index (Phi) is 5.52. The van der Waals surface area contributed by atoms with Crippen molar-refractivity contribution in [3.05, 3.63) is 47.7 Å². The maximum atomic E-state index is 12.6.